The Morgan fingerprint density at radius 3 is 2.58 bits per heavy atom. The third-order valence-corrected chi connectivity index (χ3v) is 6.27. The van der Waals surface area contributed by atoms with E-state index in [0.29, 0.717) is 12.1 Å². The van der Waals surface area contributed by atoms with E-state index < -0.39 is 0 Å². The van der Waals surface area contributed by atoms with Gasteiger partial charge in [0.1, 0.15) is 0 Å². The minimum atomic E-state index is 0.0349. The molecule has 0 bridgehead atoms. The average molecular weight is 347 g/mol. The summed E-state index contributed by atoms with van der Waals surface area (Å²) in [6.45, 7) is 2.13. The second-order valence-corrected chi connectivity index (χ2v) is 7.69. The molecule has 0 spiro atoms. The monoisotopic (exact) mass is 347 g/mol. The van der Waals surface area contributed by atoms with E-state index in [2.05, 4.69) is 40.2 Å². The summed E-state index contributed by atoms with van der Waals surface area (Å²) < 4.78 is 1.99. The van der Waals surface area contributed by atoms with Gasteiger partial charge in [-0.15, -0.1) is 0 Å². The molecule has 3 aromatic rings. The molecule has 5 rings (SSSR count). The zero-order valence-corrected chi connectivity index (χ0v) is 15.0. The molecule has 134 valence electrons. The largest absolute Gasteiger partial charge is 0.326 e. The van der Waals surface area contributed by atoms with Gasteiger partial charge in [0.2, 0.25) is 0 Å². The van der Waals surface area contributed by atoms with Crippen LogP contribution >= 0.6 is 0 Å². The van der Waals surface area contributed by atoms with Crippen LogP contribution in [0.5, 0.6) is 0 Å². The SMILES string of the molecule is O=c1[nH]c2ccccc2n1C1CCN(C2CCCc3ccccc32)CC1. The van der Waals surface area contributed by atoms with Gasteiger partial charge in [-0.25, -0.2) is 4.79 Å². The molecule has 1 aromatic heterocycles. The van der Waals surface area contributed by atoms with Crippen molar-refractivity contribution in [2.24, 2.45) is 0 Å². The Bertz CT molecular complexity index is 978. The van der Waals surface area contributed by atoms with Gasteiger partial charge in [0.05, 0.1) is 11.0 Å². The van der Waals surface area contributed by atoms with E-state index in [-0.39, 0.29) is 5.69 Å². The number of rotatable bonds is 2. The number of hydrogen-bond acceptors (Lipinski definition) is 2. The van der Waals surface area contributed by atoms with Crippen molar-refractivity contribution in [3.05, 3.63) is 70.1 Å². The molecule has 1 fully saturated rings. The van der Waals surface area contributed by atoms with Crippen LogP contribution in [-0.2, 0) is 6.42 Å². The molecule has 1 saturated heterocycles. The molecule has 1 aliphatic carbocycles. The highest BCUT2D eigenvalue weighted by molar-refractivity contribution is 5.75. The number of para-hydroxylation sites is 2. The molecule has 4 heteroatoms. The fraction of sp³-hybridized carbons (Fsp3) is 0.409. The van der Waals surface area contributed by atoms with E-state index in [1.165, 1.54) is 30.4 Å². The summed E-state index contributed by atoms with van der Waals surface area (Å²) in [5.74, 6) is 0. The number of benzene rings is 2. The van der Waals surface area contributed by atoms with Crippen molar-refractivity contribution in [2.75, 3.05) is 13.1 Å². The van der Waals surface area contributed by atoms with Crippen molar-refractivity contribution in [3.8, 4) is 0 Å². The van der Waals surface area contributed by atoms with E-state index in [0.717, 1.165) is 37.0 Å². The number of piperidine rings is 1. The molecule has 2 aromatic carbocycles. The van der Waals surface area contributed by atoms with E-state index >= 15 is 0 Å². The van der Waals surface area contributed by atoms with Gasteiger partial charge in [-0.1, -0.05) is 36.4 Å². The Morgan fingerprint density at radius 1 is 0.923 bits per heavy atom. The van der Waals surface area contributed by atoms with Gasteiger partial charge in [0.15, 0.2) is 0 Å². The fourth-order valence-corrected chi connectivity index (χ4v) is 5.00. The smallest absolute Gasteiger partial charge is 0.306 e. The number of nitrogens with zero attached hydrogens (tertiary/aromatic N) is 2. The second-order valence-electron chi connectivity index (χ2n) is 7.69. The van der Waals surface area contributed by atoms with Crippen LogP contribution in [0.2, 0.25) is 0 Å². The van der Waals surface area contributed by atoms with Gasteiger partial charge in [0, 0.05) is 25.2 Å². The third kappa shape index (κ3) is 2.60. The van der Waals surface area contributed by atoms with Crippen molar-refractivity contribution in [1.82, 2.24) is 14.5 Å². The standard InChI is InChI=1S/C22H25N3O/c26-22-23-19-9-3-4-10-21(19)25(22)17-12-14-24(15-13-17)20-11-5-7-16-6-1-2-8-18(16)20/h1-4,6,8-10,17,20H,5,7,11-15H2,(H,23,26). The van der Waals surface area contributed by atoms with Crippen LogP contribution in [-0.4, -0.2) is 27.5 Å². The van der Waals surface area contributed by atoms with Gasteiger partial charge >= 0.3 is 5.69 Å². The lowest BCUT2D eigenvalue weighted by molar-refractivity contribution is 0.123. The number of nitrogens with one attached hydrogen (secondary N) is 1. The molecule has 1 aliphatic heterocycles. The lowest BCUT2D eigenvalue weighted by Gasteiger charge is -2.40. The molecule has 26 heavy (non-hydrogen) atoms. The maximum absolute atomic E-state index is 12.5. The fourth-order valence-electron chi connectivity index (χ4n) is 5.00. The van der Waals surface area contributed by atoms with Crippen LogP contribution in [0.15, 0.2) is 53.3 Å². The van der Waals surface area contributed by atoms with E-state index in [9.17, 15) is 4.79 Å². The first-order chi connectivity index (χ1) is 12.8. The summed E-state index contributed by atoms with van der Waals surface area (Å²) in [6.07, 6.45) is 5.84. The Balaban J connectivity index is 1.37. The normalized spacial score (nSPS) is 21.8. The van der Waals surface area contributed by atoms with Crippen LogP contribution in [0.4, 0.5) is 0 Å². The van der Waals surface area contributed by atoms with Crippen LogP contribution in [0.1, 0.15) is 48.9 Å². The quantitative estimate of drug-likeness (QED) is 0.760. The number of fused-ring (bicyclic) bond motifs is 2. The Hall–Kier alpha value is -2.33. The zero-order chi connectivity index (χ0) is 17.5. The van der Waals surface area contributed by atoms with Crippen LogP contribution in [0, 0.1) is 0 Å². The second kappa shape index (κ2) is 6.44. The van der Waals surface area contributed by atoms with E-state index in [1.54, 1.807) is 0 Å². The number of aromatic amines is 1. The topological polar surface area (TPSA) is 41.0 Å². The van der Waals surface area contributed by atoms with Crippen molar-refractivity contribution in [3.63, 3.8) is 0 Å². The predicted molar refractivity (Wildman–Crippen MR) is 105 cm³/mol. The Kier molecular flexibility index (Phi) is 3.93. The summed E-state index contributed by atoms with van der Waals surface area (Å²) in [5, 5.41) is 0. The first-order valence-electron chi connectivity index (χ1n) is 9.82. The Morgan fingerprint density at radius 2 is 1.69 bits per heavy atom. The molecule has 0 radical (unpaired) electrons. The third-order valence-electron chi connectivity index (χ3n) is 6.27. The molecule has 0 saturated carbocycles. The number of hydrogen-bond donors (Lipinski definition) is 1. The molecule has 4 nitrogen and oxygen atoms in total. The highest BCUT2D eigenvalue weighted by Crippen LogP contribution is 2.37. The summed E-state index contributed by atoms with van der Waals surface area (Å²) >= 11 is 0. The molecule has 1 atom stereocenters. The number of aromatic nitrogens is 2. The number of H-pyrrole nitrogens is 1. The minimum Gasteiger partial charge on any atom is -0.306 e. The van der Waals surface area contributed by atoms with Crippen LogP contribution in [0.25, 0.3) is 11.0 Å². The van der Waals surface area contributed by atoms with E-state index in [4.69, 9.17) is 0 Å². The van der Waals surface area contributed by atoms with Crippen molar-refractivity contribution in [1.29, 1.82) is 0 Å². The molecule has 1 unspecified atom stereocenters. The highest BCUT2D eigenvalue weighted by Gasteiger charge is 2.30. The van der Waals surface area contributed by atoms with Crippen LogP contribution in [0.3, 0.4) is 0 Å². The van der Waals surface area contributed by atoms with Gasteiger partial charge in [-0.2, -0.15) is 0 Å². The number of likely N-dealkylation sites (tertiary alicyclic amines) is 1. The molecular weight excluding hydrogens is 322 g/mol. The summed E-state index contributed by atoms with van der Waals surface area (Å²) in [5.41, 5.74) is 5.08. The lowest BCUT2D eigenvalue weighted by Crippen LogP contribution is -2.40. The molecular formula is C22H25N3O. The Labute approximate surface area is 153 Å². The van der Waals surface area contributed by atoms with Crippen molar-refractivity contribution >= 4 is 11.0 Å². The van der Waals surface area contributed by atoms with Gasteiger partial charge < -0.3 is 4.98 Å². The maximum atomic E-state index is 12.5. The van der Waals surface area contributed by atoms with Gasteiger partial charge in [-0.05, 0) is 55.4 Å². The predicted octanol–water partition coefficient (Wildman–Crippen LogP) is 4.04. The van der Waals surface area contributed by atoms with E-state index in [1.807, 2.05) is 22.8 Å². The van der Waals surface area contributed by atoms with Gasteiger partial charge in [-0.3, -0.25) is 9.47 Å². The lowest BCUT2D eigenvalue weighted by atomic mass is 9.86. The summed E-state index contributed by atoms with van der Waals surface area (Å²) in [6, 6.07) is 17.8. The number of imidazole rings is 1. The molecule has 2 heterocycles. The van der Waals surface area contributed by atoms with Crippen molar-refractivity contribution in [2.45, 2.75) is 44.2 Å². The highest BCUT2D eigenvalue weighted by atomic mass is 16.1. The minimum absolute atomic E-state index is 0.0349. The summed E-state index contributed by atoms with van der Waals surface area (Å²) in [7, 11) is 0. The first kappa shape index (κ1) is 15.9. The summed E-state index contributed by atoms with van der Waals surface area (Å²) in [4.78, 5) is 18.1. The number of aryl methyl sites for hydroxylation is 1. The molecule has 1 N–H and O–H groups in total. The average Bonchev–Trinajstić information content (AvgIpc) is 3.03. The van der Waals surface area contributed by atoms with Crippen LogP contribution < -0.4 is 5.69 Å². The zero-order valence-electron chi connectivity index (χ0n) is 15.0. The van der Waals surface area contributed by atoms with Gasteiger partial charge in [0.25, 0.3) is 0 Å². The first-order valence-corrected chi connectivity index (χ1v) is 9.82. The van der Waals surface area contributed by atoms with Crippen molar-refractivity contribution < 1.29 is 0 Å². The molecule has 0 amide bonds. The maximum Gasteiger partial charge on any atom is 0.326 e. The molecule has 2 aliphatic rings.